The number of urea groups is 1. The van der Waals surface area contributed by atoms with Gasteiger partial charge in [-0.15, -0.1) is 0 Å². The predicted octanol–water partition coefficient (Wildman–Crippen LogP) is 0.255. The molecule has 1 aliphatic heterocycles. The van der Waals surface area contributed by atoms with Gasteiger partial charge in [-0.3, -0.25) is 14.7 Å². The molecule has 0 aliphatic carbocycles. The summed E-state index contributed by atoms with van der Waals surface area (Å²) in [5.74, 6) is -0.551. The lowest BCUT2D eigenvalue weighted by molar-refractivity contribution is -0.137. The molecule has 0 saturated carbocycles. The van der Waals surface area contributed by atoms with Crippen molar-refractivity contribution in [2.75, 3.05) is 24.2 Å². The smallest absolute Gasteiger partial charge is 0.324 e. The Morgan fingerprint density at radius 1 is 1.15 bits per heavy atom. The normalized spacial score (nSPS) is 21.4. The summed E-state index contributed by atoms with van der Waals surface area (Å²) in [6.07, 6.45) is -2.98. The lowest BCUT2D eigenvalue weighted by atomic mass is 10.1. The quantitative estimate of drug-likeness (QED) is 0.253. The fraction of sp³-hybridized carbons (Fsp3) is 0.435. The Morgan fingerprint density at radius 3 is 2.59 bits per heavy atom. The monoisotopic (exact) mass is 562 g/mol. The molecule has 15 nitrogen and oxygen atoms in total. The van der Waals surface area contributed by atoms with Crippen LogP contribution in [-0.2, 0) is 19.6 Å². The average molecular weight is 563 g/mol. The number of fused-ring (bicyclic) bond motifs is 1. The summed E-state index contributed by atoms with van der Waals surface area (Å²) in [5, 5.41) is 28.5. The van der Waals surface area contributed by atoms with Gasteiger partial charge < -0.3 is 25.6 Å². The van der Waals surface area contributed by atoms with Gasteiger partial charge in [-0.25, -0.2) is 28.2 Å². The Morgan fingerprint density at radius 2 is 1.90 bits per heavy atom. The minimum atomic E-state index is -3.76. The molecule has 1 aliphatic rings. The number of nitrogens with one attached hydrogen (secondary N) is 3. The molecular formula is C23H30N8O7S. The first-order valence-electron chi connectivity index (χ1n) is 12.1. The van der Waals surface area contributed by atoms with Crippen molar-refractivity contribution in [2.45, 2.75) is 56.2 Å². The van der Waals surface area contributed by atoms with Crippen LogP contribution in [0.15, 0.2) is 41.8 Å². The van der Waals surface area contributed by atoms with E-state index in [1.54, 1.807) is 20.8 Å². The predicted molar refractivity (Wildman–Crippen MR) is 139 cm³/mol. The van der Waals surface area contributed by atoms with Gasteiger partial charge in [0.1, 0.15) is 18.5 Å². The van der Waals surface area contributed by atoms with E-state index in [-0.39, 0.29) is 33.6 Å². The number of benzene rings is 1. The highest BCUT2D eigenvalue weighted by Crippen LogP contribution is 2.32. The third-order valence-electron chi connectivity index (χ3n) is 6.21. The van der Waals surface area contributed by atoms with Crippen LogP contribution in [0.3, 0.4) is 0 Å². The summed E-state index contributed by atoms with van der Waals surface area (Å²) in [5.41, 5.74) is 0.543. The van der Waals surface area contributed by atoms with E-state index in [2.05, 4.69) is 30.9 Å². The largest absolute Gasteiger partial charge is 0.387 e. The van der Waals surface area contributed by atoms with E-state index in [1.807, 2.05) is 0 Å². The third-order valence-corrected chi connectivity index (χ3v) is 8.24. The molecule has 0 unspecified atom stereocenters. The minimum Gasteiger partial charge on any atom is -0.387 e. The van der Waals surface area contributed by atoms with E-state index < -0.39 is 46.5 Å². The molecule has 0 radical (unpaired) electrons. The van der Waals surface area contributed by atoms with Crippen molar-refractivity contribution in [1.82, 2.24) is 29.1 Å². The Hall–Kier alpha value is -3.70. The third kappa shape index (κ3) is 5.55. The van der Waals surface area contributed by atoms with Crippen LogP contribution in [0.5, 0.6) is 0 Å². The number of imidazole rings is 1. The molecule has 2 aromatic heterocycles. The van der Waals surface area contributed by atoms with E-state index in [0.29, 0.717) is 6.54 Å². The second kappa shape index (κ2) is 11.2. The number of nitrogens with zero attached hydrogens (tertiary/aromatic N) is 5. The zero-order valence-corrected chi connectivity index (χ0v) is 22.5. The van der Waals surface area contributed by atoms with Gasteiger partial charge in [0.2, 0.25) is 10.0 Å². The SMILES string of the molecule is CCNC(=O)[C@H]1O[C@@H](n2cnc3c(NC(=O)Nc4cccc(S(=O)(=O)N(C)C(C)C)c4)ncnc32)[C@H](O)[C@@H]1O. The van der Waals surface area contributed by atoms with Gasteiger partial charge in [-0.05, 0) is 39.0 Å². The minimum absolute atomic E-state index is 0.0166. The number of carbonyl (C=O) groups is 2. The van der Waals surface area contributed by atoms with Crippen LogP contribution in [0, 0.1) is 0 Å². The van der Waals surface area contributed by atoms with E-state index >= 15 is 0 Å². The van der Waals surface area contributed by atoms with Crippen LogP contribution in [0.2, 0.25) is 0 Å². The molecule has 3 aromatic rings. The molecule has 1 saturated heterocycles. The molecule has 1 aromatic carbocycles. The van der Waals surface area contributed by atoms with Crippen LogP contribution in [-0.4, -0.2) is 92.3 Å². The van der Waals surface area contributed by atoms with E-state index in [4.69, 9.17) is 4.74 Å². The summed E-state index contributed by atoms with van der Waals surface area (Å²) in [6, 6.07) is 4.84. The van der Waals surface area contributed by atoms with E-state index in [1.165, 1.54) is 46.5 Å². The Kier molecular flexibility index (Phi) is 8.12. The second-order valence-corrected chi connectivity index (χ2v) is 11.1. The number of hydrogen-bond donors (Lipinski definition) is 5. The van der Waals surface area contributed by atoms with Gasteiger partial charge in [0.25, 0.3) is 5.91 Å². The molecule has 0 bridgehead atoms. The summed E-state index contributed by atoms with van der Waals surface area (Å²) in [7, 11) is -2.28. The number of ether oxygens (including phenoxy) is 1. The van der Waals surface area contributed by atoms with Crippen LogP contribution < -0.4 is 16.0 Å². The number of carbonyl (C=O) groups excluding carboxylic acids is 2. The highest BCUT2D eigenvalue weighted by Gasteiger charge is 2.47. The van der Waals surface area contributed by atoms with Crippen molar-refractivity contribution in [3.8, 4) is 0 Å². The first-order chi connectivity index (χ1) is 18.4. The molecular weight excluding hydrogens is 532 g/mol. The highest BCUT2D eigenvalue weighted by atomic mass is 32.2. The van der Waals surface area contributed by atoms with Crippen molar-refractivity contribution in [3.63, 3.8) is 0 Å². The van der Waals surface area contributed by atoms with Crippen molar-refractivity contribution in [3.05, 3.63) is 36.9 Å². The van der Waals surface area contributed by atoms with Crippen LogP contribution in [0.25, 0.3) is 11.2 Å². The lowest BCUT2D eigenvalue weighted by Gasteiger charge is -2.21. The Balaban J connectivity index is 1.53. The van der Waals surface area contributed by atoms with Crippen molar-refractivity contribution in [2.24, 2.45) is 0 Å². The van der Waals surface area contributed by atoms with Gasteiger partial charge in [0.15, 0.2) is 29.3 Å². The van der Waals surface area contributed by atoms with Gasteiger partial charge in [0, 0.05) is 25.3 Å². The molecule has 3 amide bonds. The standard InChI is InChI=1S/C23H30N8O7S/c1-5-24-21(34)18-16(32)17(33)22(38-18)31-11-27-15-19(25-10-26-20(15)31)29-23(35)28-13-7-6-8-14(9-13)39(36,37)30(4)12(2)3/h6-12,16-18,22,32-33H,5H2,1-4H3,(H,24,34)(H2,25,26,28,29,35)/t16-,17+,18-,22+/m0/s1. The number of anilines is 2. The van der Waals surface area contributed by atoms with E-state index in [0.717, 1.165) is 6.33 Å². The molecule has 0 spiro atoms. The molecule has 4 rings (SSSR count). The number of rotatable bonds is 8. The molecule has 3 heterocycles. The van der Waals surface area contributed by atoms with Gasteiger partial charge in [-0.1, -0.05) is 6.07 Å². The number of aromatic nitrogens is 4. The fourth-order valence-corrected chi connectivity index (χ4v) is 5.37. The summed E-state index contributed by atoms with van der Waals surface area (Å²) in [6.45, 7) is 5.53. The van der Waals surface area contributed by atoms with Crippen molar-refractivity contribution >= 4 is 44.6 Å². The Bertz CT molecular complexity index is 1480. The number of amides is 3. The molecule has 1 fully saturated rings. The summed E-state index contributed by atoms with van der Waals surface area (Å²) < 4.78 is 33.8. The zero-order valence-electron chi connectivity index (χ0n) is 21.6. The highest BCUT2D eigenvalue weighted by molar-refractivity contribution is 7.89. The van der Waals surface area contributed by atoms with E-state index in [9.17, 15) is 28.2 Å². The van der Waals surface area contributed by atoms with Crippen LogP contribution in [0.1, 0.15) is 27.0 Å². The van der Waals surface area contributed by atoms with Crippen LogP contribution >= 0.6 is 0 Å². The Labute approximate surface area is 224 Å². The van der Waals surface area contributed by atoms with Gasteiger partial charge in [0.05, 0.1) is 11.2 Å². The zero-order chi connectivity index (χ0) is 28.5. The number of sulfonamides is 1. The fourth-order valence-electron chi connectivity index (χ4n) is 3.96. The second-order valence-electron chi connectivity index (χ2n) is 9.09. The maximum absolute atomic E-state index is 12.8. The van der Waals surface area contributed by atoms with Crippen LogP contribution in [0.4, 0.5) is 16.3 Å². The number of aliphatic hydroxyl groups is 2. The van der Waals surface area contributed by atoms with Gasteiger partial charge in [-0.2, -0.15) is 4.31 Å². The average Bonchev–Trinajstić information content (AvgIpc) is 3.45. The van der Waals surface area contributed by atoms with Crippen molar-refractivity contribution < 1.29 is 33.0 Å². The maximum Gasteiger partial charge on any atom is 0.324 e. The van der Waals surface area contributed by atoms with Gasteiger partial charge >= 0.3 is 6.03 Å². The topological polar surface area (TPSA) is 201 Å². The molecule has 5 N–H and O–H groups in total. The summed E-state index contributed by atoms with van der Waals surface area (Å²) >= 11 is 0. The molecule has 210 valence electrons. The summed E-state index contributed by atoms with van der Waals surface area (Å²) in [4.78, 5) is 37.4. The molecule has 4 atom stereocenters. The number of aliphatic hydroxyl groups excluding tert-OH is 2. The number of likely N-dealkylation sites (N-methyl/N-ethyl adjacent to an activating group) is 1. The molecule has 39 heavy (non-hydrogen) atoms. The maximum atomic E-state index is 12.8. The lowest BCUT2D eigenvalue weighted by Crippen LogP contribution is -2.42. The first-order valence-corrected chi connectivity index (χ1v) is 13.5. The number of hydrogen-bond acceptors (Lipinski definition) is 10. The molecule has 16 heteroatoms. The first kappa shape index (κ1) is 28.3. The van der Waals surface area contributed by atoms with Crippen molar-refractivity contribution in [1.29, 1.82) is 0 Å².